The summed E-state index contributed by atoms with van der Waals surface area (Å²) in [5.74, 6) is 0.905. The van der Waals surface area contributed by atoms with E-state index in [4.69, 9.17) is 9.52 Å². The molecule has 0 fully saturated rings. The highest BCUT2D eigenvalue weighted by atomic mass is 16.3. The second kappa shape index (κ2) is 4.45. The summed E-state index contributed by atoms with van der Waals surface area (Å²) in [6, 6.07) is 12.9. The van der Waals surface area contributed by atoms with Crippen molar-refractivity contribution in [3.05, 3.63) is 59.6 Å². The number of fused-ring (bicyclic) bond motifs is 6. The molecule has 5 aromatic rings. The van der Waals surface area contributed by atoms with Crippen molar-refractivity contribution in [2.75, 3.05) is 0 Å². The minimum absolute atomic E-state index is 0.749. The maximum absolute atomic E-state index is 6.06. The fourth-order valence-corrected chi connectivity index (χ4v) is 4.10. The Morgan fingerprint density at radius 1 is 1.04 bits per heavy atom. The fraction of sp³-hybridized carbons (Fsp3) is 0.150. The Bertz CT molecular complexity index is 1310. The molecule has 3 heterocycles. The van der Waals surface area contributed by atoms with Crippen LogP contribution < -0.4 is 0 Å². The lowest BCUT2D eigenvalue weighted by Crippen LogP contribution is -1.98. The monoisotopic (exact) mass is 326 g/mol. The van der Waals surface area contributed by atoms with Crippen molar-refractivity contribution in [2.24, 2.45) is 0 Å². The van der Waals surface area contributed by atoms with Crippen LogP contribution in [0, 0.1) is 6.92 Å². The molecule has 0 aliphatic heterocycles. The Morgan fingerprint density at radius 3 is 2.88 bits per heavy atom. The summed E-state index contributed by atoms with van der Waals surface area (Å²) in [6.45, 7) is 1.98. The van der Waals surface area contributed by atoms with E-state index in [1.807, 2.05) is 6.92 Å². The zero-order valence-electron chi connectivity index (χ0n) is 13.7. The van der Waals surface area contributed by atoms with Gasteiger partial charge < -0.3 is 4.42 Å². The van der Waals surface area contributed by atoms with E-state index < -0.39 is 0 Å². The third-order valence-electron chi connectivity index (χ3n) is 5.15. The summed E-state index contributed by atoms with van der Waals surface area (Å²) in [5, 5.41) is 16.5. The fourth-order valence-electron chi connectivity index (χ4n) is 4.10. The Balaban J connectivity index is 1.94. The second-order valence-electron chi connectivity index (χ2n) is 6.67. The lowest BCUT2D eigenvalue weighted by Gasteiger charge is -2.10. The zero-order chi connectivity index (χ0) is 16.5. The lowest BCUT2D eigenvalue weighted by molar-refractivity contribution is 0.581. The van der Waals surface area contributed by atoms with E-state index in [0.717, 1.165) is 51.7 Å². The average molecular weight is 326 g/mol. The van der Waals surface area contributed by atoms with Crippen molar-refractivity contribution in [3.63, 3.8) is 0 Å². The van der Waals surface area contributed by atoms with E-state index in [-0.39, 0.29) is 0 Å². The summed E-state index contributed by atoms with van der Waals surface area (Å²) in [7, 11) is 0. The van der Waals surface area contributed by atoms with Gasteiger partial charge in [0.1, 0.15) is 17.7 Å². The quantitative estimate of drug-likeness (QED) is 0.430. The van der Waals surface area contributed by atoms with Crippen LogP contribution in [-0.4, -0.2) is 19.8 Å². The van der Waals surface area contributed by atoms with Gasteiger partial charge in [0.2, 0.25) is 0 Å². The minimum Gasteiger partial charge on any atom is -0.461 e. The molecule has 3 aromatic heterocycles. The number of aryl methyl sites for hydroxylation is 3. The van der Waals surface area contributed by atoms with Crippen molar-refractivity contribution < 1.29 is 4.42 Å². The van der Waals surface area contributed by atoms with Crippen LogP contribution >= 0.6 is 0 Å². The zero-order valence-corrected chi connectivity index (χ0v) is 13.7. The number of rotatable bonds is 0. The molecule has 0 radical (unpaired) electrons. The molecule has 5 nitrogen and oxygen atoms in total. The highest BCUT2D eigenvalue weighted by Crippen LogP contribution is 2.41. The number of furan rings is 1. The Hall–Kier alpha value is -3.21. The number of hydrogen-bond donors (Lipinski definition) is 0. The lowest BCUT2D eigenvalue weighted by atomic mass is 9.99. The molecule has 5 heteroatoms. The van der Waals surface area contributed by atoms with Gasteiger partial charge in [-0.25, -0.2) is 0 Å². The highest BCUT2D eigenvalue weighted by molar-refractivity contribution is 6.16. The SMILES string of the molecule is Cc1cc2cc3c4c(nn5cnnc5c4c2o1)-c1ccccc1CC3. The molecule has 2 aromatic carbocycles. The van der Waals surface area contributed by atoms with Gasteiger partial charge in [0.05, 0.1) is 11.1 Å². The van der Waals surface area contributed by atoms with Crippen LogP contribution in [0.25, 0.3) is 38.6 Å². The Labute approximate surface area is 142 Å². The topological polar surface area (TPSA) is 56.2 Å². The average Bonchev–Trinajstić information content (AvgIpc) is 3.20. The van der Waals surface area contributed by atoms with Crippen molar-refractivity contribution >= 4 is 27.4 Å². The van der Waals surface area contributed by atoms with Crippen LogP contribution in [0.5, 0.6) is 0 Å². The first-order valence-corrected chi connectivity index (χ1v) is 8.43. The van der Waals surface area contributed by atoms with Gasteiger partial charge in [-0.05, 0) is 43.0 Å². The molecule has 25 heavy (non-hydrogen) atoms. The molecule has 0 spiro atoms. The van der Waals surface area contributed by atoms with Crippen molar-refractivity contribution in [2.45, 2.75) is 19.8 Å². The molecular weight excluding hydrogens is 312 g/mol. The number of nitrogens with zero attached hydrogens (tertiary/aromatic N) is 4. The smallest absolute Gasteiger partial charge is 0.189 e. The molecule has 120 valence electrons. The Kier molecular flexibility index (Phi) is 2.33. The molecule has 0 saturated heterocycles. The van der Waals surface area contributed by atoms with Gasteiger partial charge in [0.15, 0.2) is 5.65 Å². The first-order valence-electron chi connectivity index (χ1n) is 8.43. The molecule has 1 aliphatic rings. The predicted octanol–water partition coefficient (Wildman–Crippen LogP) is 4.10. The number of aromatic nitrogens is 4. The van der Waals surface area contributed by atoms with E-state index >= 15 is 0 Å². The van der Waals surface area contributed by atoms with Gasteiger partial charge in [-0.1, -0.05) is 24.3 Å². The maximum atomic E-state index is 6.06. The normalized spacial score (nSPS) is 13.5. The van der Waals surface area contributed by atoms with Gasteiger partial charge in [0.25, 0.3) is 0 Å². The molecule has 0 bridgehead atoms. The first-order chi connectivity index (χ1) is 12.3. The van der Waals surface area contributed by atoms with Crippen LogP contribution in [0.1, 0.15) is 16.9 Å². The van der Waals surface area contributed by atoms with Crippen LogP contribution in [0.15, 0.2) is 47.1 Å². The van der Waals surface area contributed by atoms with Crippen LogP contribution in [-0.2, 0) is 12.8 Å². The molecule has 0 unspecified atom stereocenters. The first kappa shape index (κ1) is 13.1. The molecule has 6 rings (SSSR count). The van der Waals surface area contributed by atoms with Crippen molar-refractivity contribution in [3.8, 4) is 11.3 Å². The largest absolute Gasteiger partial charge is 0.461 e. The van der Waals surface area contributed by atoms with E-state index in [9.17, 15) is 0 Å². The predicted molar refractivity (Wildman–Crippen MR) is 95.6 cm³/mol. The highest BCUT2D eigenvalue weighted by Gasteiger charge is 2.23. The van der Waals surface area contributed by atoms with Crippen molar-refractivity contribution in [1.82, 2.24) is 19.8 Å². The van der Waals surface area contributed by atoms with E-state index in [1.165, 1.54) is 16.7 Å². The Morgan fingerprint density at radius 2 is 1.92 bits per heavy atom. The third-order valence-corrected chi connectivity index (χ3v) is 5.15. The van der Waals surface area contributed by atoms with Crippen LogP contribution in [0.2, 0.25) is 0 Å². The van der Waals surface area contributed by atoms with E-state index in [1.54, 1.807) is 10.8 Å². The van der Waals surface area contributed by atoms with Gasteiger partial charge in [-0.15, -0.1) is 10.2 Å². The van der Waals surface area contributed by atoms with Gasteiger partial charge in [-0.2, -0.15) is 9.61 Å². The summed E-state index contributed by atoms with van der Waals surface area (Å²) in [5.41, 5.74) is 6.42. The van der Waals surface area contributed by atoms with Crippen molar-refractivity contribution in [1.29, 1.82) is 0 Å². The summed E-state index contributed by atoms with van der Waals surface area (Å²) in [6.07, 6.45) is 3.64. The van der Waals surface area contributed by atoms with Crippen LogP contribution in [0.4, 0.5) is 0 Å². The molecule has 0 amide bonds. The van der Waals surface area contributed by atoms with Gasteiger partial charge in [0, 0.05) is 16.3 Å². The number of benzene rings is 2. The van der Waals surface area contributed by atoms with E-state index in [2.05, 4.69) is 46.6 Å². The number of hydrogen-bond acceptors (Lipinski definition) is 4. The maximum Gasteiger partial charge on any atom is 0.189 e. The summed E-state index contributed by atoms with van der Waals surface area (Å²) in [4.78, 5) is 0. The molecule has 0 atom stereocenters. The molecule has 0 N–H and O–H groups in total. The molecular formula is C20H14N4O. The standard InChI is InChI=1S/C20H14N4O/c1-11-8-14-9-13-7-6-12-4-2-3-5-15(12)18-16(13)17(19(14)25-11)20-22-21-10-24(20)23-18/h2-5,8-10H,6-7H2,1H3. The summed E-state index contributed by atoms with van der Waals surface area (Å²) >= 11 is 0. The van der Waals surface area contributed by atoms with Crippen LogP contribution in [0.3, 0.4) is 0 Å². The second-order valence-corrected chi connectivity index (χ2v) is 6.67. The van der Waals surface area contributed by atoms with Gasteiger partial charge >= 0.3 is 0 Å². The molecule has 1 aliphatic carbocycles. The molecule has 0 saturated carbocycles. The minimum atomic E-state index is 0.749. The van der Waals surface area contributed by atoms with Gasteiger partial charge in [-0.3, -0.25) is 0 Å². The third kappa shape index (κ3) is 1.65. The summed E-state index contributed by atoms with van der Waals surface area (Å²) < 4.78 is 7.82. The van der Waals surface area contributed by atoms with E-state index in [0.29, 0.717) is 0 Å².